The number of hydrogen-bond donors (Lipinski definition) is 1. The number of carbonyl (C=O) groups is 2. The van der Waals surface area contributed by atoms with Gasteiger partial charge in [-0.05, 0) is 44.9 Å². The lowest BCUT2D eigenvalue weighted by atomic mass is 10.1. The van der Waals surface area contributed by atoms with Crippen LogP contribution < -0.4 is 10.1 Å². The maximum atomic E-state index is 12.4. The van der Waals surface area contributed by atoms with Crippen LogP contribution in [0.2, 0.25) is 0 Å². The minimum Gasteiger partial charge on any atom is -0.497 e. The predicted molar refractivity (Wildman–Crippen MR) is 109 cm³/mol. The van der Waals surface area contributed by atoms with Gasteiger partial charge in [-0.1, -0.05) is 12.1 Å². The van der Waals surface area contributed by atoms with Crippen LogP contribution in [0.25, 0.3) is 5.78 Å². The molecule has 30 heavy (non-hydrogen) atoms. The molecule has 1 amide bonds. The Balaban J connectivity index is 1.50. The molecule has 158 valence electrons. The Labute approximate surface area is 174 Å². The van der Waals surface area contributed by atoms with Crippen molar-refractivity contribution in [1.29, 1.82) is 0 Å². The second-order valence-electron chi connectivity index (χ2n) is 6.93. The average Bonchev–Trinajstić information content (AvgIpc) is 3.20. The fraction of sp³-hybridized carbons (Fsp3) is 0.381. The normalized spacial score (nSPS) is 11.9. The average molecular weight is 411 g/mol. The number of rotatable bonds is 8. The van der Waals surface area contributed by atoms with E-state index >= 15 is 0 Å². The molecule has 0 spiro atoms. The number of aromatic nitrogens is 4. The van der Waals surface area contributed by atoms with Gasteiger partial charge in [0.05, 0.1) is 13.5 Å². The van der Waals surface area contributed by atoms with Crippen LogP contribution >= 0.6 is 0 Å². The third-order valence-corrected chi connectivity index (χ3v) is 4.86. The van der Waals surface area contributed by atoms with Gasteiger partial charge in [-0.25, -0.2) is 9.50 Å². The van der Waals surface area contributed by atoms with Crippen LogP contribution in [-0.2, 0) is 27.2 Å². The summed E-state index contributed by atoms with van der Waals surface area (Å²) in [7, 11) is 1.62. The first-order chi connectivity index (χ1) is 14.4. The fourth-order valence-corrected chi connectivity index (χ4v) is 3.11. The second-order valence-corrected chi connectivity index (χ2v) is 6.93. The molecule has 0 unspecified atom stereocenters. The number of fused-ring (bicyclic) bond motifs is 1. The van der Waals surface area contributed by atoms with Gasteiger partial charge >= 0.3 is 5.97 Å². The van der Waals surface area contributed by atoms with E-state index in [1.165, 1.54) is 6.33 Å². The third kappa shape index (κ3) is 4.91. The summed E-state index contributed by atoms with van der Waals surface area (Å²) in [5, 5.41) is 6.89. The Morgan fingerprint density at radius 1 is 1.20 bits per heavy atom. The Morgan fingerprint density at radius 3 is 2.63 bits per heavy atom. The molecule has 0 saturated heterocycles. The van der Waals surface area contributed by atoms with Crippen molar-refractivity contribution in [3.63, 3.8) is 0 Å². The van der Waals surface area contributed by atoms with E-state index < -0.39 is 12.1 Å². The predicted octanol–water partition coefficient (Wildman–Crippen LogP) is 1.58. The first-order valence-corrected chi connectivity index (χ1v) is 9.65. The molecule has 2 aromatic heterocycles. The molecule has 0 radical (unpaired) electrons. The molecule has 0 aliphatic carbocycles. The summed E-state index contributed by atoms with van der Waals surface area (Å²) in [6, 6.07) is 7.63. The monoisotopic (exact) mass is 411 g/mol. The molecule has 9 nitrogen and oxygen atoms in total. The summed E-state index contributed by atoms with van der Waals surface area (Å²) in [5.74, 6) is 0.425. The lowest BCUT2D eigenvalue weighted by Crippen LogP contribution is -2.37. The van der Waals surface area contributed by atoms with Gasteiger partial charge in [-0.15, -0.1) is 0 Å². The SMILES string of the molecule is COc1ccc(CCNC(=O)[C@@H](C)OC(=O)Cc2c(C)nc3ncnn3c2C)cc1. The summed E-state index contributed by atoms with van der Waals surface area (Å²) in [6.07, 6.45) is 1.19. The molecule has 0 fully saturated rings. The molecule has 9 heteroatoms. The van der Waals surface area contributed by atoms with Crippen molar-refractivity contribution >= 4 is 17.7 Å². The highest BCUT2D eigenvalue weighted by atomic mass is 16.5. The number of benzene rings is 1. The maximum absolute atomic E-state index is 12.4. The van der Waals surface area contributed by atoms with Crippen LogP contribution in [0, 0.1) is 13.8 Å². The topological polar surface area (TPSA) is 108 Å². The van der Waals surface area contributed by atoms with Crippen LogP contribution in [0.1, 0.15) is 29.4 Å². The molecule has 0 saturated carbocycles. The van der Waals surface area contributed by atoms with Crippen LogP contribution in [-0.4, -0.2) is 51.2 Å². The van der Waals surface area contributed by atoms with Crippen molar-refractivity contribution in [1.82, 2.24) is 24.9 Å². The van der Waals surface area contributed by atoms with Crippen molar-refractivity contribution in [2.24, 2.45) is 0 Å². The zero-order valence-corrected chi connectivity index (χ0v) is 17.5. The Hall–Kier alpha value is -3.49. The van der Waals surface area contributed by atoms with Gasteiger partial charge < -0.3 is 14.8 Å². The largest absolute Gasteiger partial charge is 0.497 e. The van der Waals surface area contributed by atoms with Gasteiger partial charge in [0.2, 0.25) is 0 Å². The molecule has 3 aromatic rings. The van der Waals surface area contributed by atoms with Crippen LogP contribution in [0.4, 0.5) is 0 Å². The molecule has 3 rings (SSSR count). The Bertz CT molecular complexity index is 1050. The summed E-state index contributed by atoms with van der Waals surface area (Å²) >= 11 is 0. The lowest BCUT2D eigenvalue weighted by Gasteiger charge is -2.15. The smallest absolute Gasteiger partial charge is 0.311 e. The van der Waals surface area contributed by atoms with E-state index in [0.717, 1.165) is 17.0 Å². The zero-order chi connectivity index (χ0) is 21.7. The van der Waals surface area contributed by atoms with Crippen molar-refractivity contribution < 1.29 is 19.1 Å². The van der Waals surface area contributed by atoms with Crippen LogP contribution in [0.3, 0.4) is 0 Å². The molecule has 0 aliphatic heterocycles. The number of carbonyl (C=O) groups excluding carboxylic acids is 2. The first kappa shape index (κ1) is 21.2. The third-order valence-electron chi connectivity index (χ3n) is 4.86. The van der Waals surface area contributed by atoms with E-state index in [1.807, 2.05) is 31.2 Å². The maximum Gasteiger partial charge on any atom is 0.311 e. The van der Waals surface area contributed by atoms with Gasteiger partial charge in [0.15, 0.2) is 6.10 Å². The van der Waals surface area contributed by atoms with Gasteiger partial charge in [0.1, 0.15) is 12.1 Å². The van der Waals surface area contributed by atoms with Crippen molar-refractivity contribution in [3.05, 3.63) is 53.1 Å². The minimum atomic E-state index is -0.892. The number of nitrogens with zero attached hydrogens (tertiary/aromatic N) is 4. The number of nitrogens with one attached hydrogen (secondary N) is 1. The quantitative estimate of drug-likeness (QED) is 0.561. The van der Waals surface area contributed by atoms with E-state index in [1.54, 1.807) is 25.5 Å². The molecule has 1 aromatic carbocycles. The van der Waals surface area contributed by atoms with E-state index in [9.17, 15) is 9.59 Å². The number of aryl methyl sites for hydroxylation is 2. The van der Waals surface area contributed by atoms with Gasteiger partial charge in [0, 0.05) is 23.5 Å². The van der Waals surface area contributed by atoms with Crippen molar-refractivity contribution in [2.45, 2.75) is 39.7 Å². The van der Waals surface area contributed by atoms with E-state index in [0.29, 0.717) is 30.0 Å². The molecule has 1 atom stereocenters. The molecule has 0 aliphatic rings. The van der Waals surface area contributed by atoms with Gasteiger partial charge in [0.25, 0.3) is 11.7 Å². The van der Waals surface area contributed by atoms with Crippen molar-refractivity contribution in [2.75, 3.05) is 13.7 Å². The van der Waals surface area contributed by atoms with E-state index in [2.05, 4.69) is 20.4 Å². The molecule has 2 heterocycles. The molecule has 0 bridgehead atoms. The summed E-state index contributed by atoms with van der Waals surface area (Å²) < 4.78 is 12.0. The number of amides is 1. The highest BCUT2D eigenvalue weighted by Gasteiger charge is 2.20. The van der Waals surface area contributed by atoms with Crippen LogP contribution in [0.15, 0.2) is 30.6 Å². The minimum absolute atomic E-state index is 0.00390. The van der Waals surface area contributed by atoms with Gasteiger partial charge in [-0.3, -0.25) is 9.59 Å². The van der Waals surface area contributed by atoms with E-state index in [-0.39, 0.29) is 12.3 Å². The fourth-order valence-electron chi connectivity index (χ4n) is 3.11. The lowest BCUT2D eigenvalue weighted by molar-refractivity contribution is -0.154. The number of ether oxygens (including phenoxy) is 2. The molecule has 1 N–H and O–H groups in total. The molecular formula is C21H25N5O4. The highest BCUT2D eigenvalue weighted by Crippen LogP contribution is 2.15. The summed E-state index contributed by atoms with van der Waals surface area (Å²) in [5.41, 5.74) is 3.23. The standard InChI is InChI=1S/C21H25N5O4/c1-13-18(14(2)26-21(25-13)23-12-24-26)11-19(27)30-15(3)20(28)22-10-9-16-5-7-17(29-4)8-6-16/h5-8,12,15H,9-11H2,1-4H3,(H,22,28)/t15-/m1/s1. The number of hydrogen-bond acceptors (Lipinski definition) is 7. The van der Waals surface area contributed by atoms with Crippen molar-refractivity contribution in [3.8, 4) is 5.75 Å². The number of methoxy groups -OCH3 is 1. The van der Waals surface area contributed by atoms with Gasteiger partial charge in [-0.2, -0.15) is 10.1 Å². The first-order valence-electron chi connectivity index (χ1n) is 9.65. The Morgan fingerprint density at radius 2 is 1.93 bits per heavy atom. The zero-order valence-electron chi connectivity index (χ0n) is 17.5. The summed E-state index contributed by atoms with van der Waals surface area (Å²) in [4.78, 5) is 33.0. The second kappa shape index (κ2) is 9.34. The molecular weight excluding hydrogens is 386 g/mol. The Kier molecular flexibility index (Phi) is 6.61. The number of esters is 1. The highest BCUT2D eigenvalue weighted by molar-refractivity contribution is 5.84. The summed E-state index contributed by atoms with van der Waals surface area (Å²) in [6.45, 7) is 5.64. The van der Waals surface area contributed by atoms with E-state index in [4.69, 9.17) is 9.47 Å². The van der Waals surface area contributed by atoms with Crippen LogP contribution in [0.5, 0.6) is 5.75 Å².